The van der Waals surface area contributed by atoms with Gasteiger partial charge >= 0.3 is 0 Å². The standard InChI is InChI=1S/C24H22N2O4S2/c1-3-30-18-13-14-20-21(15-18)31-24(25-20)26(16-17-9-5-4-6-10-17)23(27)19-11-7-8-12-22(19)32(2,28)29/h4-15H,3,16H2,1-2H3. The minimum absolute atomic E-state index is 0.00260. The molecule has 0 aliphatic heterocycles. The van der Waals surface area contributed by atoms with Crippen LogP contribution in [-0.4, -0.2) is 32.2 Å². The summed E-state index contributed by atoms with van der Waals surface area (Å²) in [6.07, 6.45) is 1.10. The summed E-state index contributed by atoms with van der Waals surface area (Å²) in [6.45, 7) is 2.73. The predicted molar refractivity (Wildman–Crippen MR) is 127 cm³/mol. The van der Waals surface area contributed by atoms with Crippen LogP contribution in [0.3, 0.4) is 0 Å². The molecule has 1 heterocycles. The second kappa shape index (κ2) is 9.10. The number of rotatable bonds is 7. The molecular weight excluding hydrogens is 444 g/mol. The smallest absolute Gasteiger partial charge is 0.261 e. The summed E-state index contributed by atoms with van der Waals surface area (Å²) in [4.78, 5) is 19.9. The third kappa shape index (κ3) is 4.66. The summed E-state index contributed by atoms with van der Waals surface area (Å²) in [5.41, 5.74) is 1.78. The third-order valence-corrected chi connectivity index (χ3v) is 7.03. The molecule has 1 aromatic heterocycles. The van der Waals surface area contributed by atoms with Gasteiger partial charge < -0.3 is 4.74 Å². The van der Waals surface area contributed by atoms with Crippen molar-refractivity contribution in [2.24, 2.45) is 0 Å². The minimum atomic E-state index is -3.58. The Balaban J connectivity index is 1.81. The molecule has 6 nitrogen and oxygen atoms in total. The third-order valence-electron chi connectivity index (χ3n) is 4.84. The van der Waals surface area contributed by atoms with Gasteiger partial charge in [-0.3, -0.25) is 9.69 Å². The molecule has 4 aromatic rings. The lowest BCUT2D eigenvalue weighted by Crippen LogP contribution is -2.31. The number of hydrogen-bond acceptors (Lipinski definition) is 6. The summed E-state index contributed by atoms with van der Waals surface area (Å²) in [7, 11) is -3.58. The average molecular weight is 467 g/mol. The molecule has 0 atom stereocenters. The fourth-order valence-corrected chi connectivity index (χ4v) is 5.24. The number of amides is 1. The summed E-state index contributed by atoms with van der Waals surface area (Å²) in [5, 5.41) is 0.491. The topological polar surface area (TPSA) is 76.6 Å². The van der Waals surface area contributed by atoms with Crippen molar-refractivity contribution in [3.63, 3.8) is 0 Å². The average Bonchev–Trinajstić information content (AvgIpc) is 3.20. The Labute approximate surface area is 191 Å². The molecule has 0 radical (unpaired) electrons. The number of ether oxygens (including phenoxy) is 1. The van der Waals surface area contributed by atoms with Gasteiger partial charge in [-0.2, -0.15) is 0 Å². The van der Waals surface area contributed by atoms with E-state index in [-0.39, 0.29) is 17.0 Å². The van der Waals surface area contributed by atoms with Gasteiger partial charge in [0.25, 0.3) is 5.91 Å². The molecule has 0 saturated carbocycles. The van der Waals surface area contributed by atoms with Crippen LogP contribution in [0.15, 0.2) is 77.7 Å². The van der Waals surface area contributed by atoms with Crippen LogP contribution >= 0.6 is 11.3 Å². The van der Waals surface area contributed by atoms with Crippen LogP contribution in [0.2, 0.25) is 0 Å². The number of aromatic nitrogens is 1. The van der Waals surface area contributed by atoms with Crippen molar-refractivity contribution >= 4 is 42.4 Å². The lowest BCUT2D eigenvalue weighted by atomic mass is 10.1. The number of carbonyl (C=O) groups is 1. The van der Waals surface area contributed by atoms with Gasteiger partial charge in [-0.25, -0.2) is 13.4 Å². The number of sulfone groups is 1. The monoisotopic (exact) mass is 466 g/mol. The molecule has 0 N–H and O–H groups in total. The van der Waals surface area contributed by atoms with E-state index in [0.29, 0.717) is 11.7 Å². The lowest BCUT2D eigenvalue weighted by molar-refractivity contribution is 0.0982. The van der Waals surface area contributed by atoms with Gasteiger partial charge in [0.15, 0.2) is 15.0 Å². The van der Waals surface area contributed by atoms with Gasteiger partial charge in [0, 0.05) is 6.26 Å². The normalized spacial score (nSPS) is 11.4. The molecule has 8 heteroatoms. The highest BCUT2D eigenvalue weighted by atomic mass is 32.2. The van der Waals surface area contributed by atoms with Crippen molar-refractivity contribution in [2.45, 2.75) is 18.4 Å². The van der Waals surface area contributed by atoms with Crippen LogP contribution in [0.4, 0.5) is 5.13 Å². The number of carbonyl (C=O) groups excluding carboxylic acids is 1. The lowest BCUT2D eigenvalue weighted by Gasteiger charge is -2.21. The van der Waals surface area contributed by atoms with Crippen LogP contribution in [0.25, 0.3) is 10.2 Å². The van der Waals surface area contributed by atoms with Gasteiger partial charge in [-0.15, -0.1) is 0 Å². The van der Waals surface area contributed by atoms with Gasteiger partial charge in [-0.05, 0) is 42.8 Å². The van der Waals surface area contributed by atoms with E-state index < -0.39 is 15.7 Å². The minimum Gasteiger partial charge on any atom is -0.494 e. The maximum absolute atomic E-state index is 13.7. The van der Waals surface area contributed by atoms with E-state index in [9.17, 15) is 13.2 Å². The second-order valence-corrected chi connectivity index (χ2v) is 10.2. The molecular formula is C24H22N2O4S2. The van der Waals surface area contributed by atoms with E-state index in [0.717, 1.165) is 27.8 Å². The molecule has 0 fully saturated rings. The van der Waals surface area contributed by atoms with Gasteiger partial charge in [0.1, 0.15) is 5.75 Å². The number of hydrogen-bond donors (Lipinski definition) is 0. The van der Waals surface area contributed by atoms with Crippen LogP contribution in [-0.2, 0) is 16.4 Å². The Hall–Kier alpha value is -3.23. The van der Waals surface area contributed by atoms with E-state index in [4.69, 9.17) is 4.74 Å². The predicted octanol–water partition coefficient (Wildman–Crippen LogP) is 4.95. The molecule has 0 unspecified atom stereocenters. The maximum atomic E-state index is 13.7. The Kier molecular flexibility index (Phi) is 6.25. The first-order valence-corrected chi connectivity index (χ1v) is 12.8. The second-order valence-electron chi connectivity index (χ2n) is 7.20. The molecule has 0 aliphatic carbocycles. The first-order valence-electron chi connectivity index (χ1n) is 10.0. The molecule has 4 rings (SSSR count). The number of fused-ring (bicyclic) bond motifs is 1. The highest BCUT2D eigenvalue weighted by Crippen LogP contribution is 2.33. The van der Waals surface area contributed by atoms with Gasteiger partial charge in [0.05, 0.1) is 33.8 Å². The fraction of sp³-hybridized carbons (Fsp3) is 0.167. The van der Waals surface area contributed by atoms with Gasteiger partial charge in [-0.1, -0.05) is 53.8 Å². The van der Waals surface area contributed by atoms with E-state index in [1.807, 2.05) is 55.5 Å². The fourth-order valence-electron chi connectivity index (χ4n) is 3.37. The van der Waals surface area contributed by atoms with Crippen molar-refractivity contribution < 1.29 is 17.9 Å². The SMILES string of the molecule is CCOc1ccc2nc(N(Cc3ccccc3)C(=O)c3ccccc3S(C)(=O)=O)sc2c1. The zero-order valence-electron chi connectivity index (χ0n) is 17.7. The highest BCUT2D eigenvalue weighted by molar-refractivity contribution is 7.90. The molecule has 32 heavy (non-hydrogen) atoms. The molecule has 164 valence electrons. The maximum Gasteiger partial charge on any atom is 0.261 e. The van der Waals surface area contributed by atoms with E-state index in [2.05, 4.69) is 4.98 Å². The molecule has 1 amide bonds. The van der Waals surface area contributed by atoms with Crippen LogP contribution in [0, 0.1) is 0 Å². The number of benzene rings is 3. The quantitative estimate of drug-likeness (QED) is 0.385. The largest absolute Gasteiger partial charge is 0.494 e. The Morgan fingerprint density at radius 1 is 1.03 bits per heavy atom. The summed E-state index contributed by atoms with van der Waals surface area (Å²) >= 11 is 1.37. The highest BCUT2D eigenvalue weighted by Gasteiger charge is 2.26. The molecule has 3 aromatic carbocycles. The number of nitrogens with zero attached hydrogens (tertiary/aromatic N) is 2. The van der Waals surface area contributed by atoms with E-state index in [1.54, 1.807) is 12.1 Å². The zero-order valence-corrected chi connectivity index (χ0v) is 19.3. The van der Waals surface area contributed by atoms with Crippen LogP contribution in [0.1, 0.15) is 22.8 Å². The molecule has 0 aliphatic rings. The van der Waals surface area contributed by atoms with Crippen LogP contribution in [0.5, 0.6) is 5.75 Å². The molecule has 0 bridgehead atoms. The molecule has 0 saturated heterocycles. The summed E-state index contributed by atoms with van der Waals surface area (Å²) in [5.74, 6) is 0.317. The summed E-state index contributed by atoms with van der Waals surface area (Å²) < 4.78 is 31.1. The zero-order chi connectivity index (χ0) is 22.7. The van der Waals surface area contributed by atoms with E-state index >= 15 is 0 Å². The number of thiazole rings is 1. The Bertz CT molecular complexity index is 1370. The van der Waals surface area contributed by atoms with Crippen LogP contribution < -0.4 is 9.64 Å². The Morgan fingerprint density at radius 3 is 2.47 bits per heavy atom. The van der Waals surface area contributed by atoms with Crippen molar-refractivity contribution in [1.29, 1.82) is 0 Å². The van der Waals surface area contributed by atoms with Crippen molar-refractivity contribution in [3.8, 4) is 5.75 Å². The van der Waals surface area contributed by atoms with Crippen molar-refractivity contribution in [2.75, 3.05) is 17.8 Å². The van der Waals surface area contributed by atoms with Crippen molar-refractivity contribution in [1.82, 2.24) is 4.98 Å². The van der Waals surface area contributed by atoms with E-state index in [1.165, 1.54) is 28.4 Å². The molecule has 0 spiro atoms. The van der Waals surface area contributed by atoms with Gasteiger partial charge in [0.2, 0.25) is 0 Å². The first kappa shape index (κ1) is 22.0. The first-order chi connectivity index (χ1) is 15.4. The Morgan fingerprint density at radius 2 is 1.75 bits per heavy atom. The van der Waals surface area contributed by atoms with Crippen molar-refractivity contribution in [3.05, 3.63) is 83.9 Å². The number of anilines is 1. The summed E-state index contributed by atoms with van der Waals surface area (Å²) in [6, 6.07) is 21.4.